The van der Waals surface area contributed by atoms with E-state index in [0.29, 0.717) is 19.7 Å². The van der Waals surface area contributed by atoms with E-state index < -0.39 is 0 Å². The van der Waals surface area contributed by atoms with Gasteiger partial charge < -0.3 is 10.5 Å². The number of carbonyl (C=O) groups is 1. The Kier molecular flexibility index (Phi) is 6.32. The SMILES string of the molecule is COCCN(Cc1cccc(Br)c1)C(C)C(N)=O. The molecule has 0 spiro atoms. The minimum Gasteiger partial charge on any atom is -0.383 e. The zero-order valence-electron chi connectivity index (χ0n) is 10.7. The van der Waals surface area contributed by atoms with E-state index in [4.69, 9.17) is 10.5 Å². The second kappa shape index (κ2) is 7.51. The molecule has 0 saturated carbocycles. The molecule has 2 N–H and O–H groups in total. The fraction of sp³-hybridized carbons (Fsp3) is 0.462. The van der Waals surface area contributed by atoms with Crippen molar-refractivity contribution < 1.29 is 9.53 Å². The maximum absolute atomic E-state index is 11.3. The molecule has 1 aromatic rings. The van der Waals surface area contributed by atoms with Crippen LogP contribution in [0.15, 0.2) is 28.7 Å². The van der Waals surface area contributed by atoms with Crippen molar-refractivity contribution in [2.24, 2.45) is 5.73 Å². The number of rotatable bonds is 7. The van der Waals surface area contributed by atoms with Gasteiger partial charge in [-0.25, -0.2) is 0 Å². The maximum Gasteiger partial charge on any atom is 0.234 e. The summed E-state index contributed by atoms with van der Waals surface area (Å²) in [4.78, 5) is 13.3. The summed E-state index contributed by atoms with van der Waals surface area (Å²) in [6, 6.07) is 7.70. The molecule has 0 bridgehead atoms. The van der Waals surface area contributed by atoms with E-state index in [1.54, 1.807) is 7.11 Å². The predicted octanol–water partition coefficient (Wildman–Crippen LogP) is 1.77. The smallest absolute Gasteiger partial charge is 0.234 e. The van der Waals surface area contributed by atoms with Crippen molar-refractivity contribution in [1.82, 2.24) is 4.90 Å². The first-order chi connectivity index (χ1) is 8.54. The van der Waals surface area contributed by atoms with Crippen LogP contribution in [0.5, 0.6) is 0 Å². The Morgan fingerprint density at radius 3 is 2.83 bits per heavy atom. The van der Waals surface area contributed by atoms with E-state index in [2.05, 4.69) is 15.9 Å². The molecule has 0 aromatic heterocycles. The molecule has 5 heteroatoms. The number of carbonyl (C=O) groups excluding carboxylic acids is 1. The maximum atomic E-state index is 11.3. The van der Waals surface area contributed by atoms with Crippen LogP contribution in [0.2, 0.25) is 0 Å². The summed E-state index contributed by atoms with van der Waals surface area (Å²) >= 11 is 3.44. The number of nitrogens with two attached hydrogens (primary N) is 1. The minimum absolute atomic E-state index is 0.306. The van der Waals surface area contributed by atoms with Gasteiger partial charge in [-0.3, -0.25) is 9.69 Å². The molecular weight excluding hydrogens is 296 g/mol. The number of hydrogen-bond acceptors (Lipinski definition) is 3. The lowest BCUT2D eigenvalue weighted by atomic mass is 10.2. The van der Waals surface area contributed by atoms with Crippen molar-refractivity contribution in [2.75, 3.05) is 20.3 Å². The first kappa shape index (κ1) is 15.1. The van der Waals surface area contributed by atoms with E-state index in [-0.39, 0.29) is 11.9 Å². The summed E-state index contributed by atoms with van der Waals surface area (Å²) in [6.07, 6.45) is 0. The normalized spacial score (nSPS) is 12.7. The van der Waals surface area contributed by atoms with Crippen LogP contribution < -0.4 is 5.73 Å². The summed E-state index contributed by atoms with van der Waals surface area (Å²) in [6.45, 7) is 3.74. The van der Waals surface area contributed by atoms with Crippen molar-refractivity contribution in [3.05, 3.63) is 34.3 Å². The number of methoxy groups -OCH3 is 1. The van der Waals surface area contributed by atoms with Crippen LogP contribution in [0.25, 0.3) is 0 Å². The topological polar surface area (TPSA) is 55.6 Å². The van der Waals surface area contributed by atoms with Crippen LogP contribution in [-0.2, 0) is 16.1 Å². The third-order valence-electron chi connectivity index (χ3n) is 2.82. The van der Waals surface area contributed by atoms with E-state index in [9.17, 15) is 4.79 Å². The van der Waals surface area contributed by atoms with Crippen molar-refractivity contribution >= 4 is 21.8 Å². The molecule has 18 heavy (non-hydrogen) atoms. The number of amides is 1. The number of hydrogen-bond donors (Lipinski definition) is 1. The summed E-state index contributed by atoms with van der Waals surface area (Å²) in [5.41, 5.74) is 6.49. The van der Waals surface area contributed by atoms with Crippen molar-refractivity contribution in [1.29, 1.82) is 0 Å². The third-order valence-corrected chi connectivity index (χ3v) is 3.31. The molecule has 0 heterocycles. The Balaban J connectivity index is 2.74. The van der Waals surface area contributed by atoms with Gasteiger partial charge in [0.15, 0.2) is 0 Å². The van der Waals surface area contributed by atoms with E-state index in [1.807, 2.05) is 36.1 Å². The Morgan fingerprint density at radius 1 is 1.56 bits per heavy atom. The Hall–Kier alpha value is -0.910. The molecule has 0 radical (unpaired) electrons. The van der Waals surface area contributed by atoms with Crippen LogP contribution in [0.4, 0.5) is 0 Å². The molecule has 0 aliphatic carbocycles. The minimum atomic E-state index is -0.318. The van der Waals surface area contributed by atoms with E-state index in [1.165, 1.54) is 0 Å². The van der Waals surface area contributed by atoms with Gasteiger partial charge in [-0.15, -0.1) is 0 Å². The molecule has 4 nitrogen and oxygen atoms in total. The largest absolute Gasteiger partial charge is 0.383 e. The van der Waals surface area contributed by atoms with Crippen LogP contribution in [0, 0.1) is 0 Å². The average molecular weight is 315 g/mol. The summed E-state index contributed by atoms with van der Waals surface area (Å²) in [5.74, 6) is -0.318. The van der Waals surface area contributed by atoms with Gasteiger partial charge >= 0.3 is 0 Å². The van der Waals surface area contributed by atoms with Crippen LogP contribution in [-0.4, -0.2) is 37.1 Å². The highest BCUT2D eigenvalue weighted by Crippen LogP contribution is 2.14. The van der Waals surface area contributed by atoms with Gasteiger partial charge in [-0.1, -0.05) is 28.1 Å². The number of benzene rings is 1. The van der Waals surface area contributed by atoms with E-state index >= 15 is 0 Å². The zero-order valence-corrected chi connectivity index (χ0v) is 12.3. The lowest BCUT2D eigenvalue weighted by Crippen LogP contribution is -2.43. The Morgan fingerprint density at radius 2 is 2.28 bits per heavy atom. The Labute approximate surface area is 116 Å². The zero-order chi connectivity index (χ0) is 13.5. The van der Waals surface area contributed by atoms with Gasteiger partial charge in [0.1, 0.15) is 0 Å². The standard InChI is InChI=1S/C13H19BrN2O2/c1-10(13(15)17)16(6-7-18-2)9-11-4-3-5-12(14)8-11/h3-5,8,10H,6-7,9H2,1-2H3,(H2,15,17). The van der Waals surface area contributed by atoms with Gasteiger partial charge in [0.25, 0.3) is 0 Å². The molecule has 0 aliphatic rings. The molecule has 0 fully saturated rings. The fourth-order valence-electron chi connectivity index (χ4n) is 1.67. The number of primary amides is 1. The highest BCUT2D eigenvalue weighted by molar-refractivity contribution is 9.10. The summed E-state index contributed by atoms with van der Waals surface area (Å²) < 4.78 is 6.09. The highest BCUT2D eigenvalue weighted by Gasteiger charge is 2.18. The molecular formula is C13H19BrN2O2. The number of nitrogens with zero attached hydrogens (tertiary/aromatic N) is 1. The Bertz CT molecular complexity index is 398. The first-order valence-electron chi connectivity index (χ1n) is 5.81. The lowest BCUT2D eigenvalue weighted by molar-refractivity contribution is -0.123. The van der Waals surface area contributed by atoms with E-state index in [0.717, 1.165) is 10.0 Å². The quantitative estimate of drug-likeness (QED) is 0.834. The molecule has 1 atom stereocenters. The molecule has 0 aliphatic heterocycles. The average Bonchev–Trinajstić information content (AvgIpc) is 2.33. The van der Waals surface area contributed by atoms with Crippen molar-refractivity contribution in [3.63, 3.8) is 0 Å². The van der Waals surface area contributed by atoms with Gasteiger partial charge in [0.05, 0.1) is 12.6 Å². The fourth-order valence-corrected chi connectivity index (χ4v) is 2.11. The highest BCUT2D eigenvalue weighted by atomic mass is 79.9. The second-order valence-corrected chi connectivity index (χ2v) is 5.09. The van der Waals surface area contributed by atoms with Crippen LogP contribution in [0.3, 0.4) is 0 Å². The lowest BCUT2D eigenvalue weighted by Gasteiger charge is -2.26. The molecule has 1 amide bonds. The van der Waals surface area contributed by atoms with Gasteiger partial charge in [-0.05, 0) is 24.6 Å². The second-order valence-electron chi connectivity index (χ2n) is 4.17. The monoisotopic (exact) mass is 314 g/mol. The number of ether oxygens (including phenoxy) is 1. The summed E-state index contributed by atoms with van der Waals surface area (Å²) in [7, 11) is 1.65. The molecule has 0 saturated heterocycles. The van der Waals surface area contributed by atoms with Gasteiger partial charge in [0, 0.05) is 24.7 Å². The van der Waals surface area contributed by atoms with Crippen LogP contribution in [0.1, 0.15) is 12.5 Å². The molecule has 1 aromatic carbocycles. The number of halogens is 1. The van der Waals surface area contributed by atoms with Crippen molar-refractivity contribution in [3.8, 4) is 0 Å². The molecule has 100 valence electrons. The molecule has 1 rings (SSSR count). The molecule has 1 unspecified atom stereocenters. The summed E-state index contributed by atoms with van der Waals surface area (Å²) in [5, 5.41) is 0. The third kappa shape index (κ3) is 4.76. The van der Waals surface area contributed by atoms with Gasteiger partial charge in [0.2, 0.25) is 5.91 Å². The first-order valence-corrected chi connectivity index (χ1v) is 6.60. The van der Waals surface area contributed by atoms with Crippen molar-refractivity contribution in [2.45, 2.75) is 19.5 Å². The van der Waals surface area contributed by atoms with Gasteiger partial charge in [-0.2, -0.15) is 0 Å². The predicted molar refractivity (Wildman–Crippen MR) is 75.1 cm³/mol. The van der Waals surface area contributed by atoms with Crippen LogP contribution >= 0.6 is 15.9 Å².